The van der Waals surface area contributed by atoms with Crippen molar-refractivity contribution in [1.82, 2.24) is 0 Å². The molecule has 2 fully saturated rings. The summed E-state index contributed by atoms with van der Waals surface area (Å²) in [5, 5.41) is 0. The summed E-state index contributed by atoms with van der Waals surface area (Å²) in [6, 6.07) is 0. The number of carbonyl (C=O) groups excluding carboxylic acids is 1. The highest BCUT2D eigenvalue weighted by atomic mass is 16.5. The predicted molar refractivity (Wildman–Crippen MR) is 47.2 cm³/mol. The lowest BCUT2D eigenvalue weighted by atomic mass is 9.83. The molecule has 2 aliphatic rings. The fourth-order valence-electron chi connectivity index (χ4n) is 2.38. The molecule has 2 rings (SSSR count). The van der Waals surface area contributed by atoms with Crippen LogP contribution in [0.1, 0.15) is 26.7 Å². The summed E-state index contributed by atoms with van der Waals surface area (Å²) in [6.07, 6.45) is 2.33. The van der Waals surface area contributed by atoms with Gasteiger partial charge in [0.05, 0.1) is 24.7 Å². The third-order valence-electron chi connectivity index (χ3n) is 3.11. The summed E-state index contributed by atoms with van der Waals surface area (Å²) in [4.78, 5) is 11.4. The SMILES string of the molecule is CCOC(=O)C1CC2OC1CC2C. The zero-order valence-electron chi connectivity index (χ0n) is 8.16. The van der Waals surface area contributed by atoms with Gasteiger partial charge in [0.15, 0.2) is 0 Å². The van der Waals surface area contributed by atoms with E-state index in [0.29, 0.717) is 18.6 Å². The number of hydrogen-bond donors (Lipinski definition) is 0. The first-order valence-corrected chi connectivity index (χ1v) is 5.04. The lowest BCUT2D eigenvalue weighted by molar-refractivity contribution is -0.149. The molecule has 0 radical (unpaired) electrons. The first-order valence-electron chi connectivity index (χ1n) is 5.04. The van der Waals surface area contributed by atoms with Gasteiger partial charge in [-0.1, -0.05) is 6.92 Å². The van der Waals surface area contributed by atoms with Gasteiger partial charge in [-0.25, -0.2) is 0 Å². The van der Waals surface area contributed by atoms with E-state index in [-0.39, 0.29) is 18.0 Å². The minimum absolute atomic E-state index is 0.0150. The molecule has 2 aliphatic heterocycles. The molecule has 4 atom stereocenters. The van der Waals surface area contributed by atoms with Crippen molar-refractivity contribution in [3.63, 3.8) is 0 Å². The Morgan fingerprint density at radius 2 is 2.23 bits per heavy atom. The molecule has 0 aliphatic carbocycles. The maximum Gasteiger partial charge on any atom is 0.311 e. The van der Waals surface area contributed by atoms with Crippen LogP contribution in [0.15, 0.2) is 0 Å². The van der Waals surface area contributed by atoms with Gasteiger partial charge in [0.1, 0.15) is 0 Å². The zero-order valence-corrected chi connectivity index (χ0v) is 8.16. The molecule has 0 spiro atoms. The van der Waals surface area contributed by atoms with Crippen molar-refractivity contribution in [3.8, 4) is 0 Å². The lowest BCUT2D eigenvalue weighted by Crippen LogP contribution is -2.29. The van der Waals surface area contributed by atoms with Gasteiger partial charge in [0, 0.05) is 0 Å². The van der Waals surface area contributed by atoms with Gasteiger partial charge in [0.2, 0.25) is 0 Å². The number of fused-ring (bicyclic) bond motifs is 2. The van der Waals surface area contributed by atoms with Crippen molar-refractivity contribution >= 4 is 5.97 Å². The van der Waals surface area contributed by atoms with Crippen molar-refractivity contribution in [1.29, 1.82) is 0 Å². The number of rotatable bonds is 2. The Balaban J connectivity index is 1.95. The smallest absolute Gasteiger partial charge is 0.311 e. The quantitative estimate of drug-likeness (QED) is 0.608. The van der Waals surface area contributed by atoms with E-state index in [2.05, 4.69) is 6.92 Å². The molecule has 4 unspecified atom stereocenters. The van der Waals surface area contributed by atoms with Crippen molar-refractivity contribution in [2.75, 3.05) is 6.61 Å². The normalized spacial score (nSPS) is 42.3. The Morgan fingerprint density at radius 1 is 1.46 bits per heavy atom. The molecule has 0 amide bonds. The summed E-state index contributed by atoms with van der Waals surface area (Å²) in [6.45, 7) is 4.50. The minimum atomic E-state index is -0.0677. The van der Waals surface area contributed by atoms with Crippen molar-refractivity contribution in [3.05, 3.63) is 0 Å². The Labute approximate surface area is 78.4 Å². The average molecular weight is 184 g/mol. The zero-order chi connectivity index (χ0) is 9.42. The number of esters is 1. The second-order valence-corrected chi connectivity index (χ2v) is 4.02. The molecule has 0 aromatic rings. The Hall–Kier alpha value is -0.570. The molecule has 0 aromatic heterocycles. The van der Waals surface area contributed by atoms with Gasteiger partial charge in [0.25, 0.3) is 0 Å². The Morgan fingerprint density at radius 3 is 2.69 bits per heavy atom. The van der Waals surface area contributed by atoms with Gasteiger partial charge in [-0.15, -0.1) is 0 Å². The van der Waals surface area contributed by atoms with Crippen LogP contribution >= 0.6 is 0 Å². The Kier molecular flexibility index (Phi) is 2.28. The second-order valence-electron chi connectivity index (χ2n) is 4.02. The van der Waals surface area contributed by atoms with Crippen LogP contribution in [0.2, 0.25) is 0 Å². The molecule has 74 valence electrons. The summed E-state index contributed by atoms with van der Waals surface area (Å²) in [5.41, 5.74) is 0. The van der Waals surface area contributed by atoms with Crippen molar-refractivity contribution in [2.45, 2.75) is 38.9 Å². The van der Waals surface area contributed by atoms with Crippen LogP contribution in [0.25, 0.3) is 0 Å². The van der Waals surface area contributed by atoms with Crippen LogP contribution in [0.5, 0.6) is 0 Å². The van der Waals surface area contributed by atoms with E-state index in [4.69, 9.17) is 9.47 Å². The first kappa shape index (κ1) is 9.00. The largest absolute Gasteiger partial charge is 0.466 e. The van der Waals surface area contributed by atoms with Crippen LogP contribution in [0.4, 0.5) is 0 Å². The fourth-order valence-corrected chi connectivity index (χ4v) is 2.38. The average Bonchev–Trinajstić information content (AvgIpc) is 2.62. The predicted octanol–water partition coefficient (Wildman–Crippen LogP) is 1.36. The molecule has 3 heteroatoms. The fraction of sp³-hybridized carbons (Fsp3) is 0.900. The topological polar surface area (TPSA) is 35.5 Å². The first-order chi connectivity index (χ1) is 6.22. The number of hydrogen-bond acceptors (Lipinski definition) is 3. The van der Waals surface area contributed by atoms with E-state index in [1.807, 2.05) is 6.92 Å². The molecule has 3 nitrogen and oxygen atoms in total. The van der Waals surface area contributed by atoms with Crippen LogP contribution in [0, 0.1) is 11.8 Å². The van der Waals surface area contributed by atoms with E-state index in [0.717, 1.165) is 12.8 Å². The molecule has 2 heterocycles. The molecular weight excluding hydrogens is 168 g/mol. The highest BCUT2D eigenvalue weighted by Gasteiger charge is 2.48. The molecule has 0 saturated carbocycles. The van der Waals surface area contributed by atoms with Crippen molar-refractivity contribution < 1.29 is 14.3 Å². The number of carbonyl (C=O) groups is 1. The van der Waals surface area contributed by atoms with Gasteiger partial charge in [-0.2, -0.15) is 0 Å². The lowest BCUT2D eigenvalue weighted by Gasteiger charge is -2.20. The van der Waals surface area contributed by atoms with Crippen molar-refractivity contribution in [2.24, 2.45) is 11.8 Å². The second kappa shape index (κ2) is 3.29. The summed E-state index contributed by atoms with van der Waals surface area (Å²) >= 11 is 0. The van der Waals surface area contributed by atoms with Crippen LogP contribution in [-0.2, 0) is 14.3 Å². The van der Waals surface area contributed by atoms with E-state index in [9.17, 15) is 4.79 Å². The van der Waals surface area contributed by atoms with Crippen LogP contribution in [0.3, 0.4) is 0 Å². The molecule has 2 bridgehead atoms. The van der Waals surface area contributed by atoms with E-state index >= 15 is 0 Å². The molecular formula is C10H16O3. The van der Waals surface area contributed by atoms with Crippen LogP contribution in [-0.4, -0.2) is 24.8 Å². The van der Waals surface area contributed by atoms with E-state index in [1.165, 1.54) is 0 Å². The summed E-state index contributed by atoms with van der Waals surface area (Å²) < 4.78 is 10.7. The highest BCUT2D eigenvalue weighted by Crippen LogP contribution is 2.42. The third-order valence-corrected chi connectivity index (χ3v) is 3.11. The van der Waals surface area contributed by atoms with Gasteiger partial charge < -0.3 is 9.47 Å². The standard InChI is InChI=1S/C10H16O3/c1-3-12-10(11)7-5-8-6(2)4-9(7)13-8/h6-9H,3-5H2,1-2H3. The molecule has 13 heavy (non-hydrogen) atoms. The molecule has 2 saturated heterocycles. The van der Waals surface area contributed by atoms with Gasteiger partial charge >= 0.3 is 5.97 Å². The summed E-state index contributed by atoms with van der Waals surface area (Å²) in [5.74, 6) is 0.568. The van der Waals surface area contributed by atoms with Crippen LogP contribution < -0.4 is 0 Å². The summed E-state index contributed by atoms with van der Waals surface area (Å²) in [7, 11) is 0. The molecule has 0 aromatic carbocycles. The third kappa shape index (κ3) is 1.46. The van der Waals surface area contributed by atoms with Gasteiger partial charge in [-0.3, -0.25) is 4.79 Å². The highest BCUT2D eigenvalue weighted by molar-refractivity contribution is 5.73. The van der Waals surface area contributed by atoms with E-state index < -0.39 is 0 Å². The number of ether oxygens (including phenoxy) is 2. The van der Waals surface area contributed by atoms with E-state index in [1.54, 1.807) is 0 Å². The van der Waals surface area contributed by atoms with Gasteiger partial charge in [-0.05, 0) is 25.7 Å². The maximum atomic E-state index is 11.4. The Bertz CT molecular complexity index is 212. The maximum absolute atomic E-state index is 11.4. The monoisotopic (exact) mass is 184 g/mol. The minimum Gasteiger partial charge on any atom is -0.466 e. The molecule has 0 N–H and O–H groups in total.